The fourth-order valence-electron chi connectivity index (χ4n) is 1.93. The third-order valence-electron chi connectivity index (χ3n) is 3.09. The molecule has 1 unspecified atom stereocenters. The largest absolute Gasteiger partial charge is 0.317 e. The molecule has 1 nitrogen and oxygen atoms in total. The molecule has 0 aliphatic heterocycles. The second-order valence-electron chi connectivity index (χ2n) is 4.71. The summed E-state index contributed by atoms with van der Waals surface area (Å²) in [5.74, 6) is 0.727. The molecule has 0 saturated heterocycles. The van der Waals surface area contributed by atoms with Gasteiger partial charge in [0, 0.05) is 6.04 Å². The van der Waals surface area contributed by atoms with E-state index in [0.29, 0.717) is 6.04 Å². The van der Waals surface area contributed by atoms with Gasteiger partial charge in [0.25, 0.3) is 0 Å². The van der Waals surface area contributed by atoms with E-state index in [-0.39, 0.29) is 0 Å². The fraction of sp³-hybridized carbons (Fsp3) is 0.733. The van der Waals surface area contributed by atoms with Crippen molar-refractivity contribution in [3.8, 4) is 0 Å². The molecular formula is C15H29N. The van der Waals surface area contributed by atoms with Gasteiger partial charge in [-0.05, 0) is 45.6 Å². The van der Waals surface area contributed by atoms with Crippen LogP contribution in [-0.2, 0) is 0 Å². The van der Waals surface area contributed by atoms with Crippen molar-refractivity contribution in [2.24, 2.45) is 5.92 Å². The molecule has 1 N–H and O–H groups in total. The minimum Gasteiger partial charge on any atom is -0.317 e. The Kier molecular flexibility index (Phi) is 9.31. The summed E-state index contributed by atoms with van der Waals surface area (Å²) in [6, 6.07) is 0.660. The number of hydrogen-bond donors (Lipinski definition) is 1. The Hall–Kier alpha value is -0.560. The first-order valence-corrected chi connectivity index (χ1v) is 6.64. The van der Waals surface area contributed by atoms with Crippen LogP contribution in [0.4, 0.5) is 0 Å². The van der Waals surface area contributed by atoms with Crippen molar-refractivity contribution in [3.05, 3.63) is 23.8 Å². The van der Waals surface area contributed by atoms with Gasteiger partial charge in [0.2, 0.25) is 0 Å². The topological polar surface area (TPSA) is 12.0 Å². The molecule has 1 heteroatoms. The molecule has 94 valence electrons. The molecule has 1 atom stereocenters. The molecule has 16 heavy (non-hydrogen) atoms. The van der Waals surface area contributed by atoms with E-state index < -0.39 is 0 Å². The molecule has 0 saturated carbocycles. The van der Waals surface area contributed by atoms with Gasteiger partial charge in [-0.25, -0.2) is 0 Å². The Morgan fingerprint density at radius 3 is 2.44 bits per heavy atom. The molecule has 0 aromatic carbocycles. The highest BCUT2D eigenvalue weighted by Gasteiger charge is 2.09. The highest BCUT2D eigenvalue weighted by atomic mass is 14.9. The van der Waals surface area contributed by atoms with E-state index in [1.54, 1.807) is 0 Å². The number of rotatable bonds is 8. The summed E-state index contributed by atoms with van der Waals surface area (Å²) in [4.78, 5) is 0. The van der Waals surface area contributed by atoms with E-state index in [2.05, 4.69) is 58.3 Å². The minimum atomic E-state index is 0.660. The highest BCUT2D eigenvalue weighted by Crippen LogP contribution is 2.14. The van der Waals surface area contributed by atoms with E-state index >= 15 is 0 Å². The summed E-state index contributed by atoms with van der Waals surface area (Å²) in [6.45, 7) is 8.89. The van der Waals surface area contributed by atoms with E-state index in [1.807, 2.05) is 0 Å². The molecule has 0 radical (unpaired) electrons. The van der Waals surface area contributed by atoms with Gasteiger partial charge in [-0.1, -0.05) is 44.6 Å². The van der Waals surface area contributed by atoms with Crippen molar-refractivity contribution in [2.45, 2.75) is 59.4 Å². The zero-order valence-electron chi connectivity index (χ0n) is 11.7. The summed E-state index contributed by atoms with van der Waals surface area (Å²) >= 11 is 0. The first kappa shape index (κ1) is 15.4. The Balaban J connectivity index is 3.90. The average molecular weight is 223 g/mol. The molecule has 0 spiro atoms. The van der Waals surface area contributed by atoms with E-state index in [4.69, 9.17) is 0 Å². The van der Waals surface area contributed by atoms with Gasteiger partial charge in [0.1, 0.15) is 0 Å². The van der Waals surface area contributed by atoms with Crippen LogP contribution in [0.15, 0.2) is 23.8 Å². The molecule has 0 rings (SSSR count). The summed E-state index contributed by atoms with van der Waals surface area (Å²) in [7, 11) is 2.07. The summed E-state index contributed by atoms with van der Waals surface area (Å²) in [6.07, 6.45) is 11.6. The molecule has 0 amide bonds. The molecule has 0 heterocycles. The number of nitrogens with one attached hydrogen (secondary N) is 1. The average Bonchev–Trinajstić information content (AvgIpc) is 2.28. The predicted molar refractivity (Wildman–Crippen MR) is 74.7 cm³/mol. The van der Waals surface area contributed by atoms with E-state index in [9.17, 15) is 0 Å². The Morgan fingerprint density at radius 1 is 1.31 bits per heavy atom. The summed E-state index contributed by atoms with van der Waals surface area (Å²) in [5, 5.41) is 3.40. The van der Waals surface area contributed by atoms with Crippen molar-refractivity contribution in [2.75, 3.05) is 7.05 Å². The maximum absolute atomic E-state index is 3.40. The van der Waals surface area contributed by atoms with Crippen LogP contribution in [0.2, 0.25) is 0 Å². The lowest BCUT2D eigenvalue weighted by Gasteiger charge is -2.19. The lowest BCUT2D eigenvalue weighted by atomic mass is 9.97. The SMILES string of the molecule is C/C=C(\C=C/CC)CCCC(NC)C(C)C. The first-order valence-electron chi connectivity index (χ1n) is 6.64. The second-order valence-corrected chi connectivity index (χ2v) is 4.71. The van der Waals surface area contributed by atoms with Crippen molar-refractivity contribution >= 4 is 0 Å². The molecule has 0 bridgehead atoms. The fourth-order valence-corrected chi connectivity index (χ4v) is 1.93. The van der Waals surface area contributed by atoms with Crippen LogP contribution in [0, 0.1) is 5.92 Å². The lowest BCUT2D eigenvalue weighted by molar-refractivity contribution is 0.394. The standard InChI is InChI=1S/C15H29N/c1-6-8-10-14(7-2)11-9-12-15(16-5)13(3)4/h7-8,10,13,15-16H,6,9,11-12H2,1-5H3/b10-8-,14-7+. The van der Waals surface area contributed by atoms with Crippen LogP contribution >= 0.6 is 0 Å². The summed E-state index contributed by atoms with van der Waals surface area (Å²) < 4.78 is 0. The Labute approximate surface area is 102 Å². The quantitative estimate of drug-likeness (QED) is 0.605. The van der Waals surface area contributed by atoms with Crippen LogP contribution in [0.25, 0.3) is 0 Å². The number of allylic oxidation sites excluding steroid dienone is 4. The zero-order chi connectivity index (χ0) is 12.4. The van der Waals surface area contributed by atoms with Gasteiger partial charge >= 0.3 is 0 Å². The van der Waals surface area contributed by atoms with Crippen LogP contribution < -0.4 is 5.32 Å². The van der Waals surface area contributed by atoms with Gasteiger partial charge in [-0.15, -0.1) is 0 Å². The van der Waals surface area contributed by atoms with Crippen LogP contribution in [0.1, 0.15) is 53.4 Å². The van der Waals surface area contributed by atoms with Crippen LogP contribution in [0.3, 0.4) is 0 Å². The van der Waals surface area contributed by atoms with Gasteiger partial charge in [-0.3, -0.25) is 0 Å². The minimum absolute atomic E-state index is 0.660. The van der Waals surface area contributed by atoms with E-state index in [1.165, 1.54) is 24.8 Å². The van der Waals surface area contributed by atoms with Gasteiger partial charge in [0.05, 0.1) is 0 Å². The smallest absolute Gasteiger partial charge is 0.00871 e. The van der Waals surface area contributed by atoms with Gasteiger partial charge in [-0.2, -0.15) is 0 Å². The van der Waals surface area contributed by atoms with Gasteiger partial charge in [0.15, 0.2) is 0 Å². The molecule has 0 aromatic rings. The summed E-state index contributed by atoms with van der Waals surface area (Å²) in [5.41, 5.74) is 1.47. The molecular weight excluding hydrogens is 194 g/mol. The maximum atomic E-state index is 3.40. The van der Waals surface area contributed by atoms with Crippen molar-refractivity contribution in [3.63, 3.8) is 0 Å². The Morgan fingerprint density at radius 2 is 2.00 bits per heavy atom. The van der Waals surface area contributed by atoms with E-state index in [0.717, 1.165) is 12.3 Å². The van der Waals surface area contributed by atoms with Crippen molar-refractivity contribution in [1.29, 1.82) is 0 Å². The zero-order valence-corrected chi connectivity index (χ0v) is 11.7. The monoisotopic (exact) mass is 223 g/mol. The second kappa shape index (κ2) is 9.65. The van der Waals surface area contributed by atoms with Crippen molar-refractivity contribution < 1.29 is 0 Å². The lowest BCUT2D eigenvalue weighted by Crippen LogP contribution is -2.30. The Bertz CT molecular complexity index is 213. The highest BCUT2D eigenvalue weighted by molar-refractivity contribution is 5.17. The van der Waals surface area contributed by atoms with Crippen LogP contribution in [-0.4, -0.2) is 13.1 Å². The predicted octanol–water partition coefficient (Wildman–Crippen LogP) is 4.31. The third-order valence-corrected chi connectivity index (χ3v) is 3.09. The molecule has 0 aliphatic rings. The first-order chi connectivity index (χ1) is 7.65. The van der Waals surface area contributed by atoms with Crippen molar-refractivity contribution in [1.82, 2.24) is 5.32 Å². The maximum Gasteiger partial charge on any atom is 0.00871 e. The molecule has 0 fully saturated rings. The number of hydrogen-bond acceptors (Lipinski definition) is 1. The third kappa shape index (κ3) is 6.84. The molecule has 0 aromatic heterocycles. The normalized spacial score (nSPS) is 15.0. The van der Waals surface area contributed by atoms with Gasteiger partial charge < -0.3 is 5.32 Å². The molecule has 0 aliphatic carbocycles. The van der Waals surface area contributed by atoms with Crippen LogP contribution in [0.5, 0.6) is 0 Å².